The first-order chi connectivity index (χ1) is 15.5. The quantitative estimate of drug-likeness (QED) is 0.585. The van der Waals surface area contributed by atoms with E-state index in [0.29, 0.717) is 28.1 Å². The van der Waals surface area contributed by atoms with Crippen molar-refractivity contribution in [2.24, 2.45) is 5.92 Å². The fraction of sp³-hybridized carbons (Fsp3) is 0.273. The van der Waals surface area contributed by atoms with Crippen molar-refractivity contribution in [1.82, 2.24) is 9.97 Å². The van der Waals surface area contributed by atoms with Crippen molar-refractivity contribution < 1.29 is 23.8 Å². The highest BCUT2D eigenvalue weighted by Crippen LogP contribution is 2.42. The molecule has 0 radical (unpaired) electrons. The first-order valence-corrected chi connectivity index (χ1v) is 10.7. The second-order valence-corrected chi connectivity index (χ2v) is 7.92. The number of benzene rings is 1. The molecule has 0 unspecified atom stereocenters. The highest BCUT2D eigenvalue weighted by Gasteiger charge is 2.36. The fourth-order valence-electron chi connectivity index (χ4n) is 3.54. The van der Waals surface area contributed by atoms with Gasteiger partial charge in [0, 0.05) is 48.4 Å². The van der Waals surface area contributed by atoms with Gasteiger partial charge in [-0.25, -0.2) is 4.98 Å². The van der Waals surface area contributed by atoms with Gasteiger partial charge in [-0.05, 0) is 12.1 Å². The van der Waals surface area contributed by atoms with Gasteiger partial charge >= 0.3 is 0 Å². The number of anilines is 2. The summed E-state index contributed by atoms with van der Waals surface area (Å²) in [5, 5.41) is 5.16. The van der Waals surface area contributed by atoms with Gasteiger partial charge in [0.05, 0.1) is 38.6 Å². The number of ether oxygens (including phenoxy) is 3. The van der Waals surface area contributed by atoms with Gasteiger partial charge in [-0.1, -0.05) is 0 Å². The van der Waals surface area contributed by atoms with Crippen molar-refractivity contribution in [3.8, 4) is 28.5 Å². The second kappa shape index (κ2) is 9.23. The molecule has 32 heavy (non-hydrogen) atoms. The van der Waals surface area contributed by atoms with E-state index in [1.54, 1.807) is 29.4 Å². The van der Waals surface area contributed by atoms with E-state index in [2.05, 4.69) is 15.3 Å². The molecule has 0 bridgehead atoms. The average molecular weight is 455 g/mol. The maximum Gasteiger partial charge on any atom is 0.231 e. The Balaban J connectivity index is 1.48. The molecule has 0 spiro atoms. The summed E-state index contributed by atoms with van der Waals surface area (Å²) in [6.45, 7) is 0.240. The van der Waals surface area contributed by atoms with Crippen LogP contribution in [-0.2, 0) is 9.59 Å². The third-order valence-electron chi connectivity index (χ3n) is 5.15. The zero-order valence-corrected chi connectivity index (χ0v) is 18.6. The third-order valence-corrected chi connectivity index (χ3v) is 5.91. The number of thiazole rings is 1. The maximum absolute atomic E-state index is 12.8. The van der Waals surface area contributed by atoms with Crippen LogP contribution in [0.5, 0.6) is 17.2 Å². The standard InChI is InChI=1S/C22H22N4O5S/c1-29-17-8-15(9-18(30-2)20(17)31-3)26-11-14(7-19(26)27)21(28)25-22-24-16(12-32-22)13-5-4-6-23-10-13/h4-6,8-10,12,14H,7,11H2,1-3H3,(H,24,25,28)/t14-/m0/s1. The Labute approximate surface area is 189 Å². The van der Waals surface area contributed by atoms with Gasteiger partial charge in [-0.2, -0.15) is 0 Å². The number of rotatable bonds is 7. The van der Waals surface area contributed by atoms with Crippen LogP contribution in [0.15, 0.2) is 42.0 Å². The number of methoxy groups -OCH3 is 3. The Hall–Kier alpha value is -3.66. The van der Waals surface area contributed by atoms with Crippen molar-refractivity contribution in [2.75, 3.05) is 38.1 Å². The van der Waals surface area contributed by atoms with Crippen molar-refractivity contribution >= 4 is 34.0 Å². The Bertz CT molecular complexity index is 1110. The summed E-state index contributed by atoms with van der Waals surface area (Å²) in [5.41, 5.74) is 2.18. The molecule has 2 amide bonds. The molecular weight excluding hydrogens is 432 g/mol. The lowest BCUT2D eigenvalue weighted by molar-refractivity contribution is -0.122. The molecule has 10 heteroatoms. The van der Waals surface area contributed by atoms with E-state index in [4.69, 9.17) is 14.2 Å². The maximum atomic E-state index is 12.8. The van der Waals surface area contributed by atoms with Gasteiger partial charge in [0.2, 0.25) is 17.6 Å². The SMILES string of the molecule is COc1cc(N2C[C@@H](C(=O)Nc3nc(-c4cccnc4)cs3)CC2=O)cc(OC)c1OC. The zero-order chi connectivity index (χ0) is 22.7. The van der Waals surface area contributed by atoms with Gasteiger partial charge in [0.25, 0.3) is 0 Å². The number of pyridine rings is 1. The van der Waals surface area contributed by atoms with E-state index < -0.39 is 5.92 Å². The molecule has 0 aliphatic carbocycles. The van der Waals surface area contributed by atoms with E-state index >= 15 is 0 Å². The van der Waals surface area contributed by atoms with Gasteiger partial charge in [-0.15, -0.1) is 11.3 Å². The lowest BCUT2D eigenvalue weighted by Gasteiger charge is -2.20. The van der Waals surface area contributed by atoms with Crippen LogP contribution in [0.4, 0.5) is 10.8 Å². The summed E-state index contributed by atoms with van der Waals surface area (Å²) in [5.74, 6) is 0.400. The zero-order valence-electron chi connectivity index (χ0n) is 17.8. The first kappa shape index (κ1) is 21.6. The molecule has 1 aliphatic rings. The molecule has 3 aromatic rings. The lowest BCUT2D eigenvalue weighted by Crippen LogP contribution is -2.28. The molecular formula is C22H22N4O5S. The van der Waals surface area contributed by atoms with Gasteiger partial charge in [0.1, 0.15) is 0 Å². The van der Waals surface area contributed by atoms with Crippen LogP contribution < -0.4 is 24.4 Å². The molecule has 1 aliphatic heterocycles. The Morgan fingerprint density at radius 3 is 2.56 bits per heavy atom. The van der Waals surface area contributed by atoms with E-state index in [1.807, 2.05) is 17.5 Å². The minimum absolute atomic E-state index is 0.101. The molecule has 1 aromatic carbocycles. The summed E-state index contributed by atoms with van der Waals surface area (Å²) in [4.78, 5) is 35.6. The van der Waals surface area contributed by atoms with Crippen LogP contribution in [0.25, 0.3) is 11.3 Å². The second-order valence-electron chi connectivity index (χ2n) is 7.06. The minimum Gasteiger partial charge on any atom is -0.493 e. The monoisotopic (exact) mass is 454 g/mol. The molecule has 166 valence electrons. The molecule has 2 aromatic heterocycles. The third kappa shape index (κ3) is 4.22. The molecule has 1 N–H and O–H groups in total. The van der Waals surface area contributed by atoms with Gasteiger partial charge in [-0.3, -0.25) is 14.6 Å². The normalized spacial score (nSPS) is 15.5. The number of hydrogen-bond donors (Lipinski definition) is 1. The number of carbonyl (C=O) groups is 2. The van der Waals surface area contributed by atoms with Crippen molar-refractivity contribution in [3.05, 3.63) is 42.0 Å². The van der Waals surface area contributed by atoms with Gasteiger partial charge in [0.15, 0.2) is 16.6 Å². The van der Waals surface area contributed by atoms with Crippen molar-refractivity contribution in [2.45, 2.75) is 6.42 Å². The lowest BCUT2D eigenvalue weighted by atomic mass is 10.1. The topological polar surface area (TPSA) is 103 Å². The van der Waals surface area contributed by atoms with E-state index in [-0.39, 0.29) is 24.8 Å². The first-order valence-electron chi connectivity index (χ1n) is 9.81. The molecule has 1 saturated heterocycles. The summed E-state index contributed by atoms with van der Waals surface area (Å²) in [7, 11) is 4.54. The van der Waals surface area contributed by atoms with Gasteiger partial charge < -0.3 is 24.4 Å². The molecule has 1 fully saturated rings. The molecule has 3 heterocycles. The number of nitrogens with zero attached hydrogens (tertiary/aromatic N) is 3. The molecule has 0 saturated carbocycles. The largest absolute Gasteiger partial charge is 0.493 e. The van der Waals surface area contributed by atoms with Crippen molar-refractivity contribution in [3.63, 3.8) is 0 Å². The minimum atomic E-state index is -0.507. The molecule has 4 rings (SSSR count). The summed E-state index contributed by atoms with van der Waals surface area (Å²) in [6, 6.07) is 7.12. The Kier molecular flexibility index (Phi) is 6.22. The van der Waals surface area contributed by atoms with E-state index in [9.17, 15) is 9.59 Å². The predicted octanol–water partition coefficient (Wildman–Crippen LogP) is 3.22. The number of carbonyl (C=O) groups excluding carboxylic acids is 2. The average Bonchev–Trinajstić information content (AvgIpc) is 3.45. The van der Waals surface area contributed by atoms with Crippen LogP contribution >= 0.6 is 11.3 Å². The van der Waals surface area contributed by atoms with Crippen LogP contribution in [0.1, 0.15) is 6.42 Å². The van der Waals surface area contributed by atoms with Crippen LogP contribution in [0.2, 0.25) is 0 Å². The van der Waals surface area contributed by atoms with E-state index in [1.165, 1.54) is 32.7 Å². The fourth-order valence-corrected chi connectivity index (χ4v) is 4.26. The Morgan fingerprint density at radius 2 is 1.94 bits per heavy atom. The predicted molar refractivity (Wildman–Crippen MR) is 121 cm³/mol. The molecule has 9 nitrogen and oxygen atoms in total. The highest BCUT2D eigenvalue weighted by atomic mass is 32.1. The smallest absolute Gasteiger partial charge is 0.231 e. The number of nitrogens with one attached hydrogen (secondary N) is 1. The van der Waals surface area contributed by atoms with Crippen LogP contribution in [0.3, 0.4) is 0 Å². The van der Waals surface area contributed by atoms with E-state index in [0.717, 1.165) is 11.3 Å². The Morgan fingerprint density at radius 1 is 1.19 bits per heavy atom. The summed E-state index contributed by atoms with van der Waals surface area (Å²) < 4.78 is 16.1. The van der Waals surface area contributed by atoms with Crippen LogP contribution in [-0.4, -0.2) is 49.7 Å². The molecule has 1 atom stereocenters. The van der Waals surface area contributed by atoms with Crippen molar-refractivity contribution in [1.29, 1.82) is 0 Å². The number of hydrogen-bond acceptors (Lipinski definition) is 8. The highest BCUT2D eigenvalue weighted by molar-refractivity contribution is 7.14. The number of amides is 2. The number of aromatic nitrogens is 2. The summed E-state index contributed by atoms with van der Waals surface area (Å²) >= 11 is 1.33. The van der Waals surface area contributed by atoms with Crippen LogP contribution in [0, 0.1) is 5.92 Å². The summed E-state index contributed by atoms with van der Waals surface area (Å²) in [6.07, 6.45) is 3.50.